The minimum absolute atomic E-state index is 0.211. The monoisotopic (exact) mass is 352 g/mol. The van der Waals surface area contributed by atoms with E-state index >= 15 is 0 Å². The molecule has 7 heteroatoms. The molecule has 3 aromatic rings. The van der Waals surface area contributed by atoms with E-state index in [1.54, 1.807) is 35.7 Å². The first-order chi connectivity index (χ1) is 12.4. The molecule has 0 radical (unpaired) electrons. The Morgan fingerprint density at radius 2 is 1.85 bits per heavy atom. The summed E-state index contributed by atoms with van der Waals surface area (Å²) >= 11 is 0. The molecule has 0 aliphatic rings. The lowest BCUT2D eigenvalue weighted by molar-refractivity contribution is 0.0696. The Morgan fingerprint density at radius 3 is 2.50 bits per heavy atom. The van der Waals surface area contributed by atoms with Crippen molar-refractivity contribution in [3.63, 3.8) is 0 Å². The molecule has 0 fully saturated rings. The normalized spacial score (nSPS) is 10.9. The predicted octanol–water partition coefficient (Wildman–Crippen LogP) is 2.33. The van der Waals surface area contributed by atoms with Gasteiger partial charge in [0.05, 0.1) is 11.3 Å². The second-order valence-electron chi connectivity index (χ2n) is 6.24. The topological polar surface area (TPSA) is 96.6 Å². The van der Waals surface area contributed by atoms with Gasteiger partial charge in [-0.2, -0.15) is 5.10 Å². The smallest absolute Gasteiger partial charge is 0.335 e. The summed E-state index contributed by atoms with van der Waals surface area (Å²) in [4.78, 5) is 27.9. The summed E-state index contributed by atoms with van der Waals surface area (Å²) in [6, 6.07) is 8.55. The summed E-state index contributed by atoms with van der Waals surface area (Å²) in [5.74, 6) is -1.16. The summed E-state index contributed by atoms with van der Waals surface area (Å²) in [7, 11) is 0. The van der Waals surface area contributed by atoms with Crippen molar-refractivity contribution < 1.29 is 14.7 Å². The molecule has 0 bridgehead atoms. The summed E-state index contributed by atoms with van der Waals surface area (Å²) in [5.41, 5.74) is 4.64. The van der Waals surface area contributed by atoms with E-state index in [1.165, 1.54) is 0 Å². The lowest BCUT2D eigenvalue weighted by atomic mass is 10.1. The number of aryl methyl sites for hydroxylation is 3. The Hall–Kier alpha value is -3.22. The maximum atomic E-state index is 12.6. The SMILES string of the molecule is Cc1cc(C)n2nc(C)c(C(=O)NCCc3ccc(C(=O)O)cc3)c2n1. The fraction of sp³-hybridized carbons (Fsp3) is 0.263. The summed E-state index contributed by atoms with van der Waals surface area (Å²) in [6.45, 7) is 6.05. The molecule has 2 heterocycles. The van der Waals surface area contributed by atoms with E-state index in [0.717, 1.165) is 17.0 Å². The van der Waals surface area contributed by atoms with Gasteiger partial charge in [0, 0.05) is 17.9 Å². The molecule has 3 rings (SSSR count). The van der Waals surface area contributed by atoms with Crippen LogP contribution in [0, 0.1) is 20.8 Å². The van der Waals surface area contributed by atoms with Crippen molar-refractivity contribution in [1.29, 1.82) is 0 Å². The standard InChI is InChI=1S/C19H20N4O3/c1-11-10-12(2)23-17(21-11)16(13(3)22-23)18(24)20-9-8-14-4-6-15(7-5-14)19(25)26/h4-7,10H,8-9H2,1-3H3,(H,20,24)(H,25,26). The number of aromatic nitrogens is 3. The van der Waals surface area contributed by atoms with Crippen LogP contribution in [-0.4, -0.2) is 38.1 Å². The zero-order valence-corrected chi connectivity index (χ0v) is 14.9. The lowest BCUT2D eigenvalue weighted by Gasteiger charge is -2.06. The molecule has 0 unspecified atom stereocenters. The van der Waals surface area contributed by atoms with Crippen LogP contribution in [0.15, 0.2) is 30.3 Å². The van der Waals surface area contributed by atoms with Gasteiger partial charge < -0.3 is 10.4 Å². The molecular weight excluding hydrogens is 332 g/mol. The lowest BCUT2D eigenvalue weighted by Crippen LogP contribution is -2.26. The van der Waals surface area contributed by atoms with Crippen molar-refractivity contribution in [2.24, 2.45) is 0 Å². The number of carbonyl (C=O) groups excluding carboxylic acids is 1. The second kappa shape index (κ2) is 6.95. The Morgan fingerprint density at radius 1 is 1.15 bits per heavy atom. The Balaban J connectivity index is 1.71. The van der Waals surface area contributed by atoms with Crippen LogP contribution in [0.25, 0.3) is 5.65 Å². The minimum atomic E-state index is -0.952. The molecule has 1 aromatic carbocycles. The first-order valence-corrected chi connectivity index (χ1v) is 8.31. The van der Waals surface area contributed by atoms with Gasteiger partial charge >= 0.3 is 5.97 Å². The van der Waals surface area contributed by atoms with E-state index in [1.807, 2.05) is 19.9 Å². The number of carbonyl (C=O) groups is 2. The molecular formula is C19H20N4O3. The van der Waals surface area contributed by atoms with Crippen LogP contribution in [-0.2, 0) is 6.42 Å². The van der Waals surface area contributed by atoms with Gasteiger partial charge in [-0.25, -0.2) is 14.3 Å². The summed E-state index contributed by atoms with van der Waals surface area (Å²) in [5, 5.41) is 16.2. The van der Waals surface area contributed by atoms with Gasteiger partial charge in [-0.1, -0.05) is 12.1 Å². The molecule has 0 saturated carbocycles. The van der Waals surface area contributed by atoms with E-state index in [2.05, 4.69) is 15.4 Å². The number of amides is 1. The number of nitrogens with zero attached hydrogens (tertiary/aromatic N) is 3. The van der Waals surface area contributed by atoms with Crippen molar-refractivity contribution >= 4 is 17.5 Å². The third-order valence-electron chi connectivity index (χ3n) is 4.20. The number of carboxylic acid groups (broad SMARTS) is 1. The van der Waals surface area contributed by atoms with E-state index in [9.17, 15) is 9.59 Å². The second-order valence-corrected chi connectivity index (χ2v) is 6.24. The summed E-state index contributed by atoms with van der Waals surface area (Å²) in [6.07, 6.45) is 0.607. The first-order valence-electron chi connectivity index (χ1n) is 8.31. The fourth-order valence-corrected chi connectivity index (χ4v) is 2.92. The van der Waals surface area contributed by atoms with Crippen LogP contribution >= 0.6 is 0 Å². The third-order valence-corrected chi connectivity index (χ3v) is 4.20. The van der Waals surface area contributed by atoms with E-state index in [0.29, 0.717) is 29.9 Å². The fourth-order valence-electron chi connectivity index (χ4n) is 2.92. The molecule has 134 valence electrons. The zero-order valence-electron chi connectivity index (χ0n) is 14.9. The highest BCUT2D eigenvalue weighted by atomic mass is 16.4. The van der Waals surface area contributed by atoms with Crippen LogP contribution in [0.5, 0.6) is 0 Å². The predicted molar refractivity (Wildman–Crippen MR) is 96.6 cm³/mol. The molecule has 7 nitrogen and oxygen atoms in total. The van der Waals surface area contributed by atoms with Gasteiger partial charge in [0.15, 0.2) is 5.65 Å². The van der Waals surface area contributed by atoms with Gasteiger partial charge in [0.2, 0.25) is 0 Å². The third kappa shape index (κ3) is 3.42. The number of carboxylic acids is 1. The molecule has 0 saturated heterocycles. The number of nitrogens with one attached hydrogen (secondary N) is 1. The van der Waals surface area contributed by atoms with Crippen molar-refractivity contribution in [3.8, 4) is 0 Å². The highest BCUT2D eigenvalue weighted by Crippen LogP contribution is 2.16. The first kappa shape index (κ1) is 17.6. The summed E-state index contributed by atoms with van der Waals surface area (Å²) < 4.78 is 1.68. The highest BCUT2D eigenvalue weighted by molar-refractivity contribution is 6.01. The average molecular weight is 352 g/mol. The van der Waals surface area contributed by atoms with E-state index in [-0.39, 0.29) is 11.5 Å². The molecule has 26 heavy (non-hydrogen) atoms. The molecule has 1 amide bonds. The average Bonchev–Trinajstić information content (AvgIpc) is 2.91. The number of hydrogen-bond acceptors (Lipinski definition) is 4. The highest BCUT2D eigenvalue weighted by Gasteiger charge is 2.19. The Kier molecular flexibility index (Phi) is 4.71. The molecule has 0 aliphatic carbocycles. The van der Waals surface area contributed by atoms with Crippen molar-refractivity contribution in [2.75, 3.05) is 6.54 Å². The Bertz CT molecular complexity index is 990. The largest absolute Gasteiger partial charge is 0.478 e. The van der Waals surface area contributed by atoms with E-state index < -0.39 is 5.97 Å². The van der Waals surface area contributed by atoms with E-state index in [4.69, 9.17) is 5.11 Å². The minimum Gasteiger partial charge on any atom is -0.478 e. The van der Waals surface area contributed by atoms with Crippen molar-refractivity contribution in [1.82, 2.24) is 19.9 Å². The van der Waals surface area contributed by atoms with Crippen LogP contribution in [0.1, 0.15) is 43.4 Å². The van der Waals surface area contributed by atoms with Crippen molar-refractivity contribution in [3.05, 3.63) is 64.1 Å². The number of hydrogen-bond donors (Lipinski definition) is 2. The van der Waals surface area contributed by atoms with Crippen LogP contribution in [0.4, 0.5) is 0 Å². The molecule has 0 atom stereocenters. The van der Waals surface area contributed by atoms with Crippen LogP contribution in [0.2, 0.25) is 0 Å². The Labute approximate surface area is 150 Å². The van der Waals surface area contributed by atoms with Gasteiger partial charge in [-0.05, 0) is 51.0 Å². The van der Waals surface area contributed by atoms with Gasteiger partial charge in [-0.15, -0.1) is 0 Å². The molecule has 2 aromatic heterocycles. The quantitative estimate of drug-likeness (QED) is 0.734. The maximum Gasteiger partial charge on any atom is 0.335 e. The van der Waals surface area contributed by atoms with Gasteiger partial charge in [-0.3, -0.25) is 4.79 Å². The van der Waals surface area contributed by atoms with Crippen LogP contribution in [0.3, 0.4) is 0 Å². The number of aromatic carboxylic acids is 1. The number of benzene rings is 1. The van der Waals surface area contributed by atoms with Crippen LogP contribution < -0.4 is 5.32 Å². The number of rotatable bonds is 5. The molecule has 2 N–H and O–H groups in total. The van der Waals surface area contributed by atoms with Gasteiger partial charge in [0.25, 0.3) is 5.91 Å². The zero-order chi connectivity index (χ0) is 18.8. The molecule has 0 aliphatic heterocycles. The maximum absolute atomic E-state index is 12.6. The number of fused-ring (bicyclic) bond motifs is 1. The molecule has 0 spiro atoms. The van der Waals surface area contributed by atoms with Gasteiger partial charge in [0.1, 0.15) is 5.56 Å². The van der Waals surface area contributed by atoms with Crippen molar-refractivity contribution in [2.45, 2.75) is 27.2 Å².